The predicted molar refractivity (Wildman–Crippen MR) is 179 cm³/mol. The molecule has 252 valence electrons. The number of nitrogens with zero attached hydrogens (tertiary/aromatic N) is 2. The van der Waals surface area contributed by atoms with Crippen LogP contribution in [0.1, 0.15) is 87.3 Å². The molecule has 0 radical (unpaired) electrons. The number of fused-ring (bicyclic) bond motifs is 6. The number of ether oxygens (including phenoxy) is 1. The number of nitrogens with one attached hydrogen (secondary N) is 1. The van der Waals surface area contributed by atoms with Gasteiger partial charge in [0.15, 0.2) is 15.4 Å². The molecule has 1 aromatic carbocycles. The highest BCUT2D eigenvalue weighted by Crippen LogP contribution is 2.68. The fraction of sp³-hybridized carbons (Fsp3) is 0.600. The number of allylic oxidation sites excluding steroid dienone is 1. The number of aromatic nitrogens is 2. The summed E-state index contributed by atoms with van der Waals surface area (Å²) in [6.07, 6.45) is 7.90. The summed E-state index contributed by atoms with van der Waals surface area (Å²) in [5.41, 5.74) is 2.10. The SMILES string of the molecule is CCC(=O)O[C@]1(C(=O)S)CC[C@H]2[C@@H]3CCC4=Cc5c(cnn5-c5cccc(C(=O)NC6CCS(=O)(=O)C6)c5)C[C@]4(C)[C@H]3[C@@H](O)C[C@@]21C. The number of amides is 1. The van der Waals surface area contributed by atoms with Gasteiger partial charge in [0.25, 0.3) is 5.91 Å². The first-order valence-electron chi connectivity index (χ1n) is 16.7. The number of carbonyl (C=O) groups excluding carboxylic acids is 3. The lowest BCUT2D eigenvalue weighted by Gasteiger charge is -2.60. The summed E-state index contributed by atoms with van der Waals surface area (Å²) in [7, 11) is -3.11. The highest BCUT2D eigenvalue weighted by molar-refractivity contribution is 7.96. The summed E-state index contributed by atoms with van der Waals surface area (Å²) >= 11 is 4.25. The van der Waals surface area contributed by atoms with E-state index >= 15 is 0 Å². The predicted octanol–water partition coefficient (Wildman–Crippen LogP) is 4.09. The van der Waals surface area contributed by atoms with E-state index in [0.29, 0.717) is 31.2 Å². The summed E-state index contributed by atoms with van der Waals surface area (Å²) in [5.74, 6) is -0.435. The van der Waals surface area contributed by atoms with Gasteiger partial charge >= 0.3 is 5.97 Å². The summed E-state index contributed by atoms with van der Waals surface area (Å²) in [5, 5.41) is 19.2. The van der Waals surface area contributed by atoms with Crippen molar-refractivity contribution in [3.05, 3.63) is 52.9 Å². The van der Waals surface area contributed by atoms with Crippen LogP contribution in [0.15, 0.2) is 36.0 Å². The summed E-state index contributed by atoms with van der Waals surface area (Å²) in [6, 6.07) is 6.82. The fourth-order valence-electron chi connectivity index (χ4n) is 10.2. The molecular weight excluding hydrogens is 639 g/mol. The fourth-order valence-corrected chi connectivity index (χ4v) is 12.3. The molecule has 10 nitrogen and oxygen atoms in total. The zero-order valence-electron chi connectivity index (χ0n) is 27.1. The minimum atomic E-state index is -3.11. The maximum absolute atomic E-state index is 13.1. The molecule has 12 heteroatoms. The topological polar surface area (TPSA) is 145 Å². The molecule has 0 bridgehead atoms. The van der Waals surface area contributed by atoms with E-state index in [-0.39, 0.29) is 53.0 Å². The van der Waals surface area contributed by atoms with Gasteiger partial charge in [-0.3, -0.25) is 14.4 Å². The van der Waals surface area contributed by atoms with Gasteiger partial charge in [-0.25, -0.2) is 13.1 Å². The molecule has 1 aromatic heterocycles. The number of aliphatic hydroxyl groups is 1. The number of hydrogen-bond acceptors (Lipinski definition) is 8. The third kappa shape index (κ3) is 5.03. The van der Waals surface area contributed by atoms with Crippen molar-refractivity contribution in [3.8, 4) is 5.69 Å². The molecule has 8 atom stereocenters. The molecule has 1 unspecified atom stereocenters. The molecular formula is C35H43N3O7S2. The summed E-state index contributed by atoms with van der Waals surface area (Å²) in [4.78, 5) is 38.7. The van der Waals surface area contributed by atoms with Crippen LogP contribution >= 0.6 is 12.6 Å². The largest absolute Gasteiger partial charge is 0.449 e. The van der Waals surface area contributed by atoms with Crippen molar-refractivity contribution in [2.75, 3.05) is 11.5 Å². The second-order valence-electron chi connectivity index (χ2n) is 14.9. The number of hydrogen-bond donors (Lipinski definition) is 3. The first kappa shape index (κ1) is 32.6. The molecule has 5 aliphatic rings. The van der Waals surface area contributed by atoms with Crippen molar-refractivity contribution in [1.82, 2.24) is 15.1 Å². The second kappa shape index (κ2) is 11.3. The van der Waals surface area contributed by atoms with E-state index in [1.165, 1.54) is 5.57 Å². The Kier molecular flexibility index (Phi) is 7.83. The molecule has 7 rings (SSSR count). The van der Waals surface area contributed by atoms with Crippen LogP contribution in [-0.4, -0.2) is 69.5 Å². The maximum Gasteiger partial charge on any atom is 0.306 e. The van der Waals surface area contributed by atoms with Crippen molar-refractivity contribution < 1.29 is 32.6 Å². The molecule has 1 aliphatic heterocycles. The average molecular weight is 682 g/mol. The van der Waals surface area contributed by atoms with Gasteiger partial charge in [0.2, 0.25) is 5.12 Å². The Labute approximate surface area is 281 Å². The number of esters is 1. The van der Waals surface area contributed by atoms with Gasteiger partial charge in [0, 0.05) is 23.4 Å². The van der Waals surface area contributed by atoms with Crippen LogP contribution < -0.4 is 5.32 Å². The van der Waals surface area contributed by atoms with Gasteiger partial charge < -0.3 is 15.2 Å². The Bertz CT molecular complexity index is 1800. The van der Waals surface area contributed by atoms with Crippen LogP contribution in [0.25, 0.3) is 11.8 Å². The molecule has 2 aromatic rings. The molecule has 2 heterocycles. The van der Waals surface area contributed by atoms with E-state index in [2.05, 4.69) is 30.9 Å². The van der Waals surface area contributed by atoms with Gasteiger partial charge in [-0.15, -0.1) is 12.6 Å². The minimum absolute atomic E-state index is 0.0313. The van der Waals surface area contributed by atoms with Gasteiger partial charge in [0.05, 0.1) is 35.2 Å². The molecule has 1 amide bonds. The molecule has 4 fully saturated rings. The van der Waals surface area contributed by atoms with Gasteiger partial charge in [-0.2, -0.15) is 5.10 Å². The smallest absolute Gasteiger partial charge is 0.306 e. The Hall–Kier alpha value is -2.96. The van der Waals surface area contributed by atoms with E-state index in [1.54, 1.807) is 25.1 Å². The van der Waals surface area contributed by atoms with Crippen molar-refractivity contribution >= 4 is 45.5 Å². The number of aliphatic hydroxyl groups excluding tert-OH is 1. The highest BCUT2D eigenvalue weighted by Gasteiger charge is 2.70. The lowest BCUT2D eigenvalue weighted by Crippen LogP contribution is -2.62. The molecule has 0 spiro atoms. The van der Waals surface area contributed by atoms with Crippen molar-refractivity contribution in [2.45, 2.75) is 89.9 Å². The lowest BCUT2D eigenvalue weighted by molar-refractivity contribution is -0.196. The van der Waals surface area contributed by atoms with E-state index < -0.39 is 38.0 Å². The van der Waals surface area contributed by atoms with Crippen LogP contribution in [0.4, 0.5) is 0 Å². The Morgan fingerprint density at radius 2 is 1.98 bits per heavy atom. The van der Waals surface area contributed by atoms with Crippen molar-refractivity contribution in [1.29, 1.82) is 0 Å². The van der Waals surface area contributed by atoms with Crippen LogP contribution in [-0.2, 0) is 30.6 Å². The van der Waals surface area contributed by atoms with Crippen LogP contribution in [0.2, 0.25) is 0 Å². The van der Waals surface area contributed by atoms with E-state index in [4.69, 9.17) is 9.84 Å². The number of rotatable bonds is 6. The van der Waals surface area contributed by atoms with E-state index in [9.17, 15) is 27.9 Å². The van der Waals surface area contributed by atoms with E-state index in [1.807, 2.05) is 23.9 Å². The van der Waals surface area contributed by atoms with Gasteiger partial charge in [-0.05, 0) is 98.0 Å². The van der Waals surface area contributed by atoms with Gasteiger partial charge in [-0.1, -0.05) is 32.4 Å². The first-order valence-corrected chi connectivity index (χ1v) is 19.0. The molecule has 1 saturated heterocycles. The normalized spacial score (nSPS) is 36.7. The molecule has 2 N–H and O–H groups in total. The monoisotopic (exact) mass is 681 g/mol. The Morgan fingerprint density at radius 3 is 2.68 bits per heavy atom. The first-order chi connectivity index (χ1) is 22.2. The highest BCUT2D eigenvalue weighted by atomic mass is 32.2. The number of sulfone groups is 1. The van der Waals surface area contributed by atoms with E-state index in [0.717, 1.165) is 36.2 Å². The average Bonchev–Trinajstić information content (AvgIpc) is 3.67. The number of thiol groups is 1. The van der Waals surface area contributed by atoms with Crippen molar-refractivity contribution in [2.24, 2.45) is 28.6 Å². The third-order valence-electron chi connectivity index (χ3n) is 12.4. The zero-order valence-corrected chi connectivity index (χ0v) is 28.8. The number of carbonyl (C=O) groups is 3. The van der Waals surface area contributed by atoms with Crippen LogP contribution in [0.3, 0.4) is 0 Å². The Morgan fingerprint density at radius 1 is 1.19 bits per heavy atom. The quantitative estimate of drug-likeness (QED) is 0.306. The molecule has 47 heavy (non-hydrogen) atoms. The maximum atomic E-state index is 13.1. The second-order valence-corrected chi connectivity index (χ2v) is 17.5. The molecule has 3 saturated carbocycles. The zero-order chi connectivity index (χ0) is 33.5. The molecule has 4 aliphatic carbocycles. The standard InChI is InChI=1S/C35H43N3O7S2/c1-4-29(40)45-35(32(42)46)12-10-26-25-9-8-22-15-27-21(16-33(22,2)30(25)28(39)17-34(26,35)3)18-36-38(27)24-7-5-6-20(14-24)31(41)37-23-11-13-47(43,44)19-23/h5-7,14-15,18,23,25-26,28,30,39H,4,8-13,16-17,19H2,1-3H3,(H,37,41)(H,42,46)/t23?,25-,26-,28-,30+,33-,34-,35-/m0/s1. The van der Waals surface area contributed by atoms with Gasteiger partial charge in [0.1, 0.15) is 0 Å². The number of benzene rings is 1. The Balaban J connectivity index is 1.16. The summed E-state index contributed by atoms with van der Waals surface area (Å²) in [6.45, 7) is 5.98. The lowest BCUT2D eigenvalue weighted by atomic mass is 9.45. The third-order valence-corrected chi connectivity index (χ3v) is 14.5. The summed E-state index contributed by atoms with van der Waals surface area (Å²) < 4.78 is 31.5. The van der Waals surface area contributed by atoms with Crippen LogP contribution in [0, 0.1) is 28.6 Å². The van der Waals surface area contributed by atoms with Crippen LogP contribution in [0.5, 0.6) is 0 Å². The van der Waals surface area contributed by atoms with Crippen molar-refractivity contribution in [3.63, 3.8) is 0 Å². The minimum Gasteiger partial charge on any atom is -0.449 e.